The second kappa shape index (κ2) is 11.7. The van der Waals surface area contributed by atoms with Crippen molar-refractivity contribution in [3.05, 3.63) is 11.8 Å². The Bertz CT molecular complexity index is 960. The average Bonchev–Trinajstić information content (AvgIpc) is 3.43. The lowest BCUT2D eigenvalue weighted by Gasteiger charge is -2.31. The molecule has 202 valence electrons. The molecular weight excluding hydrogens is 485 g/mol. The van der Waals surface area contributed by atoms with Crippen molar-refractivity contribution >= 4 is 23.5 Å². The first kappa shape index (κ1) is 29.1. The zero-order valence-corrected chi connectivity index (χ0v) is 21.1. The van der Waals surface area contributed by atoms with E-state index in [0.29, 0.717) is 6.42 Å². The molecule has 2 heterocycles. The topological polar surface area (TPSA) is 131 Å². The number of nitrogens with zero attached hydrogens (tertiary/aromatic N) is 2. The number of amides is 3. The minimum atomic E-state index is -5.11. The number of carbonyl (C=O) groups is 4. The Labute approximate surface area is 207 Å². The third-order valence-corrected chi connectivity index (χ3v) is 5.65. The van der Waals surface area contributed by atoms with Crippen molar-refractivity contribution in [3.63, 3.8) is 0 Å². The predicted octanol–water partition coefficient (Wildman–Crippen LogP) is 2.48. The zero-order valence-electron chi connectivity index (χ0n) is 21.1. The van der Waals surface area contributed by atoms with Gasteiger partial charge in [0.15, 0.2) is 0 Å². The molecule has 3 atom stereocenters. The summed E-state index contributed by atoms with van der Waals surface area (Å²) in [5.74, 6) is -5.48. The standard InChI is InChI=1S/C23H33F3N4O6/c1-11(2)17(19(31)23(24,25)26)27-20(32)14-8-7-9-30(14)22(34)18(12(3)4)28-21(33)15-10-16(29-36-15)35-13(5)6/h10-14,17-18H,7-9H2,1-6H3,(H,27,32)(H,28,33)/t14-,17-,18-/m0/s1. The van der Waals surface area contributed by atoms with E-state index >= 15 is 0 Å². The van der Waals surface area contributed by atoms with Gasteiger partial charge in [-0.3, -0.25) is 19.2 Å². The number of alkyl halides is 3. The van der Waals surface area contributed by atoms with Crippen LogP contribution in [0.25, 0.3) is 0 Å². The molecule has 0 unspecified atom stereocenters. The van der Waals surface area contributed by atoms with Crippen LogP contribution in [0, 0.1) is 11.8 Å². The van der Waals surface area contributed by atoms with E-state index in [0.717, 1.165) is 0 Å². The van der Waals surface area contributed by atoms with E-state index in [1.807, 2.05) is 0 Å². The second-order valence-corrected chi connectivity index (χ2v) is 9.67. The van der Waals surface area contributed by atoms with Gasteiger partial charge in [0.1, 0.15) is 12.1 Å². The highest BCUT2D eigenvalue weighted by Gasteiger charge is 2.46. The first-order valence-corrected chi connectivity index (χ1v) is 11.8. The molecule has 0 saturated carbocycles. The lowest BCUT2D eigenvalue weighted by atomic mass is 9.98. The largest absolute Gasteiger partial charge is 0.473 e. The summed E-state index contributed by atoms with van der Waals surface area (Å²) < 4.78 is 49.3. The number of hydrogen-bond donors (Lipinski definition) is 2. The number of nitrogens with one attached hydrogen (secondary N) is 2. The van der Waals surface area contributed by atoms with Gasteiger partial charge in [0, 0.05) is 6.54 Å². The van der Waals surface area contributed by atoms with Crippen LogP contribution in [0.2, 0.25) is 0 Å². The number of hydrogen-bond acceptors (Lipinski definition) is 7. The number of aromatic nitrogens is 1. The predicted molar refractivity (Wildman–Crippen MR) is 121 cm³/mol. The van der Waals surface area contributed by atoms with Gasteiger partial charge in [-0.05, 0) is 43.7 Å². The minimum Gasteiger partial charge on any atom is -0.473 e. The number of likely N-dealkylation sites (tertiary alicyclic amines) is 1. The van der Waals surface area contributed by atoms with Gasteiger partial charge in [0.05, 0.1) is 18.2 Å². The van der Waals surface area contributed by atoms with Gasteiger partial charge in [0.25, 0.3) is 17.6 Å². The normalized spacial score (nSPS) is 17.9. The van der Waals surface area contributed by atoms with Crippen molar-refractivity contribution in [1.29, 1.82) is 0 Å². The molecule has 13 heteroatoms. The maximum absolute atomic E-state index is 13.3. The van der Waals surface area contributed by atoms with E-state index in [2.05, 4.69) is 15.8 Å². The molecule has 1 aliphatic heterocycles. The highest BCUT2D eigenvalue weighted by molar-refractivity contribution is 5.98. The highest BCUT2D eigenvalue weighted by atomic mass is 19.4. The van der Waals surface area contributed by atoms with Crippen molar-refractivity contribution in [2.45, 2.75) is 84.8 Å². The molecule has 36 heavy (non-hydrogen) atoms. The van der Waals surface area contributed by atoms with Gasteiger partial charge in [-0.2, -0.15) is 13.2 Å². The maximum Gasteiger partial charge on any atom is 0.452 e. The van der Waals surface area contributed by atoms with Gasteiger partial charge in [0.2, 0.25) is 17.6 Å². The summed E-state index contributed by atoms with van der Waals surface area (Å²) in [6.07, 6.45) is -4.67. The summed E-state index contributed by atoms with van der Waals surface area (Å²) in [7, 11) is 0. The van der Waals surface area contributed by atoms with E-state index in [9.17, 15) is 32.3 Å². The molecular formula is C23H33F3N4O6. The first-order chi connectivity index (χ1) is 16.6. The minimum absolute atomic E-state index is 0.104. The van der Waals surface area contributed by atoms with Crippen molar-refractivity contribution < 1.29 is 41.6 Å². The molecule has 0 aliphatic carbocycles. The first-order valence-electron chi connectivity index (χ1n) is 11.8. The lowest BCUT2D eigenvalue weighted by molar-refractivity contribution is -0.175. The summed E-state index contributed by atoms with van der Waals surface area (Å²) in [5, 5.41) is 8.40. The maximum atomic E-state index is 13.3. The van der Waals surface area contributed by atoms with Crippen LogP contribution in [-0.2, 0) is 14.4 Å². The van der Waals surface area contributed by atoms with E-state index in [-0.39, 0.29) is 30.7 Å². The molecule has 0 bridgehead atoms. The van der Waals surface area contributed by atoms with E-state index in [1.54, 1.807) is 27.7 Å². The fourth-order valence-electron chi connectivity index (χ4n) is 3.83. The van der Waals surface area contributed by atoms with Crippen LogP contribution in [0.5, 0.6) is 5.88 Å². The summed E-state index contributed by atoms with van der Waals surface area (Å²) in [6, 6.07) is -2.62. The number of rotatable bonds is 10. The Kier molecular flexibility index (Phi) is 9.50. The van der Waals surface area contributed by atoms with Gasteiger partial charge in [-0.15, -0.1) is 0 Å². The van der Waals surface area contributed by atoms with E-state index in [1.165, 1.54) is 24.8 Å². The molecule has 0 aromatic carbocycles. The molecule has 1 aromatic heterocycles. The second-order valence-electron chi connectivity index (χ2n) is 9.67. The molecule has 3 amide bonds. The lowest BCUT2D eigenvalue weighted by Crippen LogP contribution is -2.58. The SMILES string of the molecule is CC(C)Oc1cc(C(=O)N[C@H](C(=O)N2CCC[C@H]2C(=O)N[C@H](C(=O)C(F)(F)F)C(C)C)C(C)C)on1. The van der Waals surface area contributed by atoms with Crippen molar-refractivity contribution in [3.8, 4) is 5.88 Å². The van der Waals surface area contributed by atoms with E-state index in [4.69, 9.17) is 9.26 Å². The van der Waals surface area contributed by atoms with Crippen molar-refractivity contribution in [2.24, 2.45) is 11.8 Å². The summed E-state index contributed by atoms with van der Waals surface area (Å²) in [5.41, 5.74) is 0. The number of ether oxygens (including phenoxy) is 1. The van der Waals surface area contributed by atoms with Crippen LogP contribution in [0.3, 0.4) is 0 Å². The number of halogens is 3. The molecule has 2 N–H and O–H groups in total. The fraction of sp³-hybridized carbons (Fsp3) is 0.696. The molecule has 1 fully saturated rings. The van der Waals surface area contributed by atoms with Crippen molar-refractivity contribution in [1.82, 2.24) is 20.7 Å². The summed E-state index contributed by atoms with van der Waals surface area (Å²) in [4.78, 5) is 51.9. The van der Waals surface area contributed by atoms with Crippen LogP contribution in [0.1, 0.15) is 64.9 Å². The van der Waals surface area contributed by atoms with Crippen LogP contribution >= 0.6 is 0 Å². The number of ketones is 1. The molecule has 1 aliphatic rings. The van der Waals surface area contributed by atoms with Crippen LogP contribution < -0.4 is 15.4 Å². The number of carbonyl (C=O) groups excluding carboxylic acids is 4. The molecule has 2 rings (SSSR count). The van der Waals surface area contributed by atoms with Gasteiger partial charge in [-0.1, -0.05) is 27.7 Å². The van der Waals surface area contributed by atoms with Crippen LogP contribution in [0.15, 0.2) is 10.6 Å². The van der Waals surface area contributed by atoms with E-state index < -0.39 is 59.6 Å². The smallest absolute Gasteiger partial charge is 0.452 e. The molecule has 1 aromatic rings. The fourth-order valence-corrected chi connectivity index (χ4v) is 3.83. The summed E-state index contributed by atoms with van der Waals surface area (Å²) >= 11 is 0. The van der Waals surface area contributed by atoms with Gasteiger partial charge >= 0.3 is 6.18 Å². The molecule has 0 spiro atoms. The van der Waals surface area contributed by atoms with Gasteiger partial charge < -0.3 is 24.8 Å². The van der Waals surface area contributed by atoms with Gasteiger partial charge in [-0.25, -0.2) is 0 Å². The quantitative estimate of drug-likeness (QED) is 0.487. The molecule has 0 radical (unpaired) electrons. The monoisotopic (exact) mass is 518 g/mol. The van der Waals surface area contributed by atoms with Crippen LogP contribution in [0.4, 0.5) is 13.2 Å². The third-order valence-electron chi connectivity index (χ3n) is 5.65. The van der Waals surface area contributed by atoms with Crippen molar-refractivity contribution in [2.75, 3.05) is 6.54 Å². The highest BCUT2D eigenvalue weighted by Crippen LogP contribution is 2.24. The Balaban J connectivity index is 2.15. The zero-order chi connectivity index (χ0) is 27.4. The average molecular weight is 519 g/mol. The number of Topliss-reactive ketones (excluding diaryl/α,β-unsaturated/α-hetero) is 1. The Hall–Kier alpha value is -3.12. The Morgan fingerprint density at radius 2 is 1.67 bits per heavy atom. The molecule has 1 saturated heterocycles. The Morgan fingerprint density at radius 1 is 1.06 bits per heavy atom. The van der Waals surface area contributed by atoms with Crippen LogP contribution in [-0.4, -0.2) is 70.5 Å². The summed E-state index contributed by atoms with van der Waals surface area (Å²) in [6.45, 7) is 9.87. The Morgan fingerprint density at radius 3 is 2.19 bits per heavy atom. The molecule has 10 nitrogen and oxygen atoms in total. The third kappa shape index (κ3) is 7.20.